The third-order valence-electron chi connectivity index (χ3n) is 3.15. The van der Waals surface area contributed by atoms with E-state index in [-0.39, 0.29) is 5.69 Å². The van der Waals surface area contributed by atoms with Gasteiger partial charge in [0.1, 0.15) is 5.82 Å². The number of nitrogens with two attached hydrogens (primary N) is 1. The van der Waals surface area contributed by atoms with Crippen LogP contribution in [-0.4, -0.2) is 22.6 Å². The van der Waals surface area contributed by atoms with E-state index in [1.165, 1.54) is 0 Å². The number of benzene rings is 1. The molecule has 0 radical (unpaired) electrons. The second-order valence-electron chi connectivity index (χ2n) is 4.53. The maximum atomic E-state index is 13.8. The van der Waals surface area contributed by atoms with Crippen LogP contribution in [-0.2, 0) is 6.54 Å². The molecule has 0 amide bonds. The van der Waals surface area contributed by atoms with E-state index in [4.69, 9.17) is 10.8 Å². The predicted octanol–water partition coefficient (Wildman–Crippen LogP) is 2.53. The quantitative estimate of drug-likeness (QED) is 0.827. The number of aromatic nitrogens is 1. The van der Waals surface area contributed by atoms with Crippen molar-refractivity contribution >= 4 is 17.3 Å². The molecule has 0 fully saturated rings. The Bertz CT molecular complexity index is 647. The molecule has 5 nitrogen and oxygen atoms in total. The van der Waals surface area contributed by atoms with E-state index in [1.807, 2.05) is 30.0 Å². The van der Waals surface area contributed by atoms with Gasteiger partial charge in [0.2, 0.25) is 0 Å². The van der Waals surface area contributed by atoms with Gasteiger partial charge in [-0.05, 0) is 25.1 Å². The number of nitrogen functional groups attached to an aromatic ring is 1. The van der Waals surface area contributed by atoms with E-state index >= 15 is 0 Å². The minimum absolute atomic E-state index is 0.228. The first-order valence-corrected chi connectivity index (χ1v) is 6.50. The lowest BCUT2D eigenvalue weighted by Crippen LogP contribution is -2.24. The van der Waals surface area contributed by atoms with Crippen molar-refractivity contribution in [3.05, 3.63) is 53.6 Å². The molecule has 0 aliphatic carbocycles. The van der Waals surface area contributed by atoms with Crippen LogP contribution in [0, 0.1) is 5.82 Å². The van der Waals surface area contributed by atoms with Crippen molar-refractivity contribution in [2.24, 2.45) is 0 Å². The fourth-order valence-corrected chi connectivity index (χ4v) is 2.07. The highest BCUT2D eigenvalue weighted by atomic mass is 19.1. The van der Waals surface area contributed by atoms with Gasteiger partial charge in [0.05, 0.1) is 29.2 Å². The maximum Gasteiger partial charge on any atom is 0.338 e. The van der Waals surface area contributed by atoms with Gasteiger partial charge in [0.25, 0.3) is 0 Å². The Balaban J connectivity index is 2.34. The number of pyridine rings is 1. The number of anilines is 2. The Labute approximate surface area is 121 Å². The number of nitrogens with zero attached hydrogens (tertiary/aromatic N) is 2. The van der Waals surface area contributed by atoms with Gasteiger partial charge in [0.15, 0.2) is 0 Å². The molecule has 6 heteroatoms. The van der Waals surface area contributed by atoms with Crippen LogP contribution in [0.3, 0.4) is 0 Å². The summed E-state index contributed by atoms with van der Waals surface area (Å²) < 4.78 is 13.8. The molecule has 2 rings (SSSR count). The van der Waals surface area contributed by atoms with Gasteiger partial charge >= 0.3 is 5.97 Å². The average molecular weight is 289 g/mol. The number of halogens is 1. The molecule has 0 unspecified atom stereocenters. The number of carboxylic acid groups (broad SMARTS) is 1. The van der Waals surface area contributed by atoms with Gasteiger partial charge in [-0.1, -0.05) is 6.07 Å². The lowest BCUT2D eigenvalue weighted by molar-refractivity contribution is 0.0692. The fourth-order valence-electron chi connectivity index (χ4n) is 2.07. The zero-order chi connectivity index (χ0) is 15.4. The molecule has 0 bridgehead atoms. The van der Waals surface area contributed by atoms with Crippen molar-refractivity contribution in [3.63, 3.8) is 0 Å². The predicted molar refractivity (Wildman–Crippen MR) is 78.7 cm³/mol. The van der Waals surface area contributed by atoms with Gasteiger partial charge in [0, 0.05) is 18.8 Å². The summed E-state index contributed by atoms with van der Waals surface area (Å²) >= 11 is 0. The zero-order valence-electron chi connectivity index (χ0n) is 11.6. The Morgan fingerprint density at radius 3 is 2.76 bits per heavy atom. The van der Waals surface area contributed by atoms with E-state index in [0.29, 0.717) is 18.8 Å². The molecule has 0 aliphatic heterocycles. The highest BCUT2D eigenvalue weighted by Crippen LogP contribution is 2.27. The van der Waals surface area contributed by atoms with Gasteiger partial charge in [-0.3, -0.25) is 4.98 Å². The first-order chi connectivity index (χ1) is 10.0. The molecular weight excluding hydrogens is 273 g/mol. The summed E-state index contributed by atoms with van der Waals surface area (Å²) in [5.41, 5.74) is 6.95. The summed E-state index contributed by atoms with van der Waals surface area (Å²) in [4.78, 5) is 17.0. The van der Waals surface area contributed by atoms with Crippen LogP contribution in [0.25, 0.3) is 0 Å². The van der Waals surface area contributed by atoms with E-state index in [9.17, 15) is 9.18 Å². The molecule has 2 aromatic rings. The van der Waals surface area contributed by atoms with Crippen LogP contribution in [0.4, 0.5) is 15.8 Å². The summed E-state index contributed by atoms with van der Waals surface area (Å²) in [6, 6.07) is 7.85. The van der Waals surface area contributed by atoms with Crippen LogP contribution >= 0.6 is 0 Å². The first-order valence-electron chi connectivity index (χ1n) is 6.50. The fraction of sp³-hybridized carbons (Fsp3) is 0.200. The van der Waals surface area contributed by atoms with Crippen LogP contribution in [0.5, 0.6) is 0 Å². The molecule has 0 atom stereocenters. The molecule has 3 N–H and O–H groups in total. The second-order valence-corrected chi connectivity index (χ2v) is 4.53. The Morgan fingerprint density at radius 1 is 1.43 bits per heavy atom. The average Bonchev–Trinajstić information content (AvgIpc) is 2.47. The summed E-state index contributed by atoms with van der Waals surface area (Å²) in [6.45, 7) is 2.96. The minimum atomic E-state index is -1.33. The molecule has 0 saturated carbocycles. The van der Waals surface area contributed by atoms with Crippen LogP contribution in [0.2, 0.25) is 0 Å². The maximum absolute atomic E-state index is 13.8. The highest BCUT2D eigenvalue weighted by Gasteiger charge is 2.17. The van der Waals surface area contributed by atoms with E-state index < -0.39 is 17.3 Å². The minimum Gasteiger partial charge on any atom is -0.478 e. The lowest BCUT2D eigenvalue weighted by Gasteiger charge is -2.24. The standard InChI is InChI=1S/C15H16FN3O2/c1-2-19(9-10-5-3-4-6-18-10)14-8-12(16)11(15(20)21)7-13(14)17/h3-8H,2,9,17H2,1H3,(H,20,21). The molecular formula is C15H16FN3O2. The molecule has 21 heavy (non-hydrogen) atoms. The second kappa shape index (κ2) is 6.21. The molecule has 110 valence electrons. The van der Waals surface area contributed by atoms with Crippen molar-refractivity contribution in [2.45, 2.75) is 13.5 Å². The SMILES string of the molecule is CCN(Cc1ccccn1)c1cc(F)c(C(=O)O)cc1N. The van der Waals surface area contributed by atoms with E-state index in [1.54, 1.807) is 6.20 Å². The number of aromatic carboxylic acids is 1. The Kier molecular flexibility index (Phi) is 4.37. The molecule has 0 saturated heterocycles. The highest BCUT2D eigenvalue weighted by molar-refractivity contribution is 5.90. The topological polar surface area (TPSA) is 79.5 Å². The Morgan fingerprint density at radius 2 is 2.19 bits per heavy atom. The lowest BCUT2D eigenvalue weighted by atomic mass is 10.1. The van der Waals surface area contributed by atoms with Crippen molar-refractivity contribution in [3.8, 4) is 0 Å². The number of carboxylic acids is 1. The summed E-state index contributed by atoms with van der Waals surface area (Å²) in [6.07, 6.45) is 1.68. The van der Waals surface area contributed by atoms with Crippen molar-refractivity contribution in [1.82, 2.24) is 4.98 Å². The first kappa shape index (κ1) is 14.8. The summed E-state index contributed by atoms with van der Waals surface area (Å²) in [5, 5.41) is 8.89. The molecule has 0 spiro atoms. The monoisotopic (exact) mass is 289 g/mol. The largest absolute Gasteiger partial charge is 0.478 e. The van der Waals surface area contributed by atoms with Gasteiger partial charge in [-0.2, -0.15) is 0 Å². The molecule has 0 aliphatic rings. The smallest absolute Gasteiger partial charge is 0.338 e. The number of hydrogen-bond donors (Lipinski definition) is 2. The number of hydrogen-bond acceptors (Lipinski definition) is 4. The third-order valence-corrected chi connectivity index (χ3v) is 3.15. The van der Waals surface area contributed by atoms with E-state index in [0.717, 1.165) is 17.8 Å². The van der Waals surface area contributed by atoms with E-state index in [2.05, 4.69) is 4.98 Å². The van der Waals surface area contributed by atoms with Crippen molar-refractivity contribution < 1.29 is 14.3 Å². The normalized spacial score (nSPS) is 10.4. The van der Waals surface area contributed by atoms with Gasteiger partial charge in [-0.15, -0.1) is 0 Å². The van der Waals surface area contributed by atoms with Crippen LogP contribution < -0.4 is 10.6 Å². The summed E-state index contributed by atoms with van der Waals surface area (Å²) in [5.74, 6) is -2.13. The van der Waals surface area contributed by atoms with Crippen LogP contribution in [0.1, 0.15) is 23.0 Å². The van der Waals surface area contributed by atoms with Crippen molar-refractivity contribution in [2.75, 3.05) is 17.2 Å². The molecule has 1 aromatic heterocycles. The third kappa shape index (κ3) is 3.28. The Hall–Kier alpha value is -2.63. The molecule has 1 heterocycles. The van der Waals surface area contributed by atoms with Crippen molar-refractivity contribution in [1.29, 1.82) is 0 Å². The van der Waals surface area contributed by atoms with Crippen LogP contribution in [0.15, 0.2) is 36.5 Å². The summed E-state index contributed by atoms with van der Waals surface area (Å²) in [7, 11) is 0. The zero-order valence-corrected chi connectivity index (χ0v) is 11.6. The van der Waals surface area contributed by atoms with Gasteiger partial charge < -0.3 is 15.7 Å². The number of rotatable bonds is 5. The molecule has 1 aromatic carbocycles. The number of carbonyl (C=O) groups is 1. The van der Waals surface area contributed by atoms with Gasteiger partial charge in [-0.25, -0.2) is 9.18 Å².